The molecule has 0 aliphatic rings. The molecule has 1 atom stereocenters. The first-order valence-electron chi connectivity index (χ1n) is 7.55. The molecule has 7 heteroatoms. The third-order valence-electron chi connectivity index (χ3n) is 3.48. The summed E-state index contributed by atoms with van der Waals surface area (Å²) in [5.74, 6) is 0.332. The van der Waals surface area contributed by atoms with Crippen LogP contribution in [0.1, 0.15) is 12.5 Å². The fraction of sp³-hybridized carbons (Fsp3) is 0.278. The molecular weight excluding hydrogens is 393 g/mol. The molecule has 0 fully saturated rings. The summed E-state index contributed by atoms with van der Waals surface area (Å²) in [6, 6.07) is 9.76. The van der Waals surface area contributed by atoms with Gasteiger partial charge in [-0.15, -0.1) is 0 Å². The van der Waals surface area contributed by atoms with Crippen LogP contribution in [0, 0.1) is 5.82 Å². The number of amides is 1. The summed E-state index contributed by atoms with van der Waals surface area (Å²) in [5, 5.41) is 2.75. The Morgan fingerprint density at radius 2 is 1.80 bits per heavy atom. The number of halogens is 2. The summed E-state index contributed by atoms with van der Waals surface area (Å²) < 4.78 is 30.1. The zero-order valence-electron chi connectivity index (χ0n) is 14.1. The molecule has 2 aromatic rings. The minimum atomic E-state index is -0.837. The normalized spacial score (nSPS) is 11.6. The largest absolute Gasteiger partial charge is 0.493 e. The van der Waals surface area contributed by atoms with E-state index in [1.165, 1.54) is 12.1 Å². The molecule has 5 nitrogen and oxygen atoms in total. The molecule has 2 aromatic carbocycles. The highest BCUT2D eigenvalue weighted by atomic mass is 79.9. The Morgan fingerprint density at radius 1 is 1.12 bits per heavy atom. The second-order valence-electron chi connectivity index (χ2n) is 5.24. The summed E-state index contributed by atoms with van der Waals surface area (Å²) in [7, 11) is 3.10. The Labute approximate surface area is 154 Å². The Balaban J connectivity index is 1.95. The molecular formula is C18H19BrFNO4. The maximum absolute atomic E-state index is 13.8. The number of nitrogens with one attached hydrogen (secondary N) is 1. The lowest BCUT2D eigenvalue weighted by Crippen LogP contribution is -2.36. The topological polar surface area (TPSA) is 56.8 Å². The van der Waals surface area contributed by atoms with Crippen molar-refractivity contribution in [2.24, 2.45) is 0 Å². The first kappa shape index (κ1) is 19.1. The fourth-order valence-corrected chi connectivity index (χ4v) is 2.47. The fourth-order valence-electron chi connectivity index (χ4n) is 2.14. The van der Waals surface area contributed by atoms with Crippen LogP contribution in [0.3, 0.4) is 0 Å². The van der Waals surface area contributed by atoms with Crippen LogP contribution in [0.4, 0.5) is 4.39 Å². The van der Waals surface area contributed by atoms with Crippen LogP contribution < -0.4 is 19.5 Å². The number of carbonyl (C=O) groups excluding carboxylic acids is 1. The number of ether oxygens (including phenoxy) is 3. The van der Waals surface area contributed by atoms with Gasteiger partial charge in [-0.3, -0.25) is 4.79 Å². The molecule has 0 aliphatic heterocycles. The van der Waals surface area contributed by atoms with Crippen molar-refractivity contribution in [3.8, 4) is 17.2 Å². The number of rotatable bonds is 7. The molecule has 1 unspecified atom stereocenters. The highest BCUT2D eigenvalue weighted by Gasteiger charge is 2.17. The SMILES string of the molecule is COc1ccc(CNC(=O)C(C)Oc2ccc(Br)cc2F)cc1OC. The second kappa shape index (κ2) is 8.71. The summed E-state index contributed by atoms with van der Waals surface area (Å²) in [6.07, 6.45) is -0.837. The Morgan fingerprint density at radius 3 is 2.44 bits per heavy atom. The monoisotopic (exact) mass is 411 g/mol. The molecule has 0 bridgehead atoms. The van der Waals surface area contributed by atoms with Gasteiger partial charge in [-0.1, -0.05) is 22.0 Å². The molecule has 134 valence electrons. The average Bonchev–Trinajstić information content (AvgIpc) is 2.61. The van der Waals surface area contributed by atoms with Crippen LogP contribution in [0.15, 0.2) is 40.9 Å². The van der Waals surface area contributed by atoms with Crippen molar-refractivity contribution in [3.05, 3.63) is 52.3 Å². The Kier molecular flexibility index (Phi) is 6.64. The van der Waals surface area contributed by atoms with E-state index in [4.69, 9.17) is 14.2 Å². The molecule has 0 saturated heterocycles. The van der Waals surface area contributed by atoms with E-state index in [0.29, 0.717) is 16.0 Å². The van der Waals surface area contributed by atoms with Crippen LogP contribution in [0.5, 0.6) is 17.2 Å². The van der Waals surface area contributed by atoms with Crippen molar-refractivity contribution in [1.29, 1.82) is 0 Å². The van der Waals surface area contributed by atoms with Gasteiger partial charge in [0.25, 0.3) is 5.91 Å². The van der Waals surface area contributed by atoms with Gasteiger partial charge in [0.05, 0.1) is 14.2 Å². The number of benzene rings is 2. The third kappa shape index (κ3) is 5.09. The molecule has 0 aliphatic carbocycles. The molecule has 2 rings (SSSR count). The van der Waals surface area contributed by atoms with Crippen molar-refractivity contribution in [2.45, 2.75) is 19.6 Å². The maximum atomic E-state index is 13.8. The predicted octanol–water partition coefficient (Wildman–Crippen LogP) is 3.69. The van der Waals surface area contributed by atoms with Gasteiger partial charge >= 0.3 is 0 Å². The van der Waals surface area contributed by atoms with Crippen LogP contribution >= 0.6 is 15.9 Å². The molecule has 1 amide bonds. The van der Waals surface area contributed by atoms with E-state index in [9.17, 15) is 9.18 Å². The van der Waals surface area contributed by atoms with Crippen molar-refractivity contribution in [2.75, 3.05) is 14.2 Å². The van der Waals surface area contributed by atoms with E-state index < -0.39 is 11.9 Å². The van der Waals surface area contributed by atoms with Crippen LogP contribution in [0.25, 0.3) is 0 Å². The lowest BCUT2D eigenvalue weighted by atomic mass is 10.2. The van der Waals surface area contributed by atoms with E-state index in [1.807, 2.05) is 6.07 Å². The quantitative estimate of drug-likeness (QED) is 0.754. The smallest absolute Gasteiger partial charge is 0.261 e. The minimum absolute atomic E-state index is 0.0250. The van der Waals surface area contributed by atoms with Crippen LogP contribution in [-0.2, 0) is 11.3 Å². The van der Waals surface area contributed by atoms with Gasteiger partial charge in [0.1, 0.15) is 0 Å². The zero-order valence-corrected chi connectivity index (χ0v) is 15.7. The van der Waals surface area contributed by atoms with Gasteiger partial charge in [0.2, 0.25) is 0 Å². The van der Waals surface area contributed by atoms with Gasteiger partial charge < -0.3 is 19.5 Å². The highest BCUT2D eigenvalue weighted by Crippen LogP contribution is 2.27. The minimum Gasteiger partial charge on any atom is -0.493 e. The first-order chi connectivity index (χ1) is 11.9. The molecule has 0 radical (unpaired) electrons. The van der Waals surface area contributed by atoms with E-state index in [2.05, 4.69) is 21.2 Å². The van der Waals surface area contributed by atoms with Gasteiger partial charge in [0, 0.05) is 11.0 Å². The Bertz CT molecular complexity index is 754. The number of carbonyl (C=O) groups is 1. The molecule has 0 spiro atoms. The number of methoxy groups -OCH3 is 2. The highest BCUT2D eigenvalue weighted by molar-refractivity contribution is 9.10. The molecule has 0 aromatic heterocycles. The van der Waals surface area contributed by atoms with Crippen molar-refractivity contribution >= 4 is 21.8 Å². The van der Waals surface area contributed by atoms with Gasteiger partial charge in [0.15, 0.2) is 29.2 Å². The Hall–Kier alpha value is -2.28. The molecule has 1 N–H and O–H groups in total. The van der Waals surface area contributed by atoms with Crippen molar-refractivity contribution in [1.82, 2.24) is 5.32 Å². The van der Waals surface area contributed by atoms with Crippen molar-refractivity contribution < 1.29 is 23.4 Å². The van der Waals surface area contributed by atoms with E-state index in [-0.39, 0.29) is 18.2 Å². The second-order valence-corrected chi connectivity index (χ2v) is 6.16. The number of hydrogen-bond donors (Lipinski definition) is 1. The predicted molar refractivity (Wildman–Crippen MR) is 95.6 cm³/mol. The van der Waals surface area contributed by atoms with Crippen molar-refractivity contribution in [3.63, 3.8) is 0 Å². The van der Waals surface area contributed by atoms with Gasteiger partial charge in [-0.2, -0.15) is 0 Å². The summed E-state index contributed by atoms with van der Waals surface area (Å²) in [5.41, 5.74) is 0.841. The zero-order chi connectivity index (χ0) is 18.4. The summed E-state index contributed by atoms with van der Waals surface area (Å²) >= 11 is 3.17. The van der Waals surface area contributed by atoms with E-state index in [0.717, 1.165) is 5.56 Å². The molecule has 25 heavy (non-hydrogen) atoms. The lowest BCUT2D eigenvalue weighted by Gasteiger charge is -2.16. The van der Waals surface area contributed by atoms with Gasteiger partial charge in [-0.25, -0.2) is 4.39 Å². The lowest BCUT2D eigenvalue weighted by molar-refractivity contribution is -0.127. The average molecular weight is 412 g/mol. The standard InChI is InChI=1S/C18H19BrFNO4/c1-11(25-15-7-5-13(19)9-14(15)20)18(22)21-10-12-4-6-16(23-2)17(8-12)24-3/h4-9,11H,10H2,1-3H3,(H,21,22). The van der Waals surface area contributed by atoms with Crippen LogP contribution in [-0.4, -0.2) is 26.2 Å². The molecule has 0 saturated carbocycles. The molecule has 0 heterocycles. The maximum Gasteiger partial charge on any atom is 0.261 e. The summed E-state index contributed by atoms with van der Waals surface area (Å²) in [6.45, 7) is 1.85. The summed E-state index contributed by atoms with van der Waals surface area (Å²) in [4.78, 5) is 12.2. The van der Waals surface area contributed by atoms with E-state index >= 15 is 0 Å². The number of hydrogen-bond acceptors (Lipinski definition) is 4. The van der Waals surface area contributed by atoms with Crippen LogP contribution in [0.2, 0.25) is 0 Å². The third-order valence-corrected chi connectivity index (χ3v) is 3.97. The van der Waals surface area contributed by atoms with E-state index in [1.54, 1.807) is 39.3 Å². The van der Waals surface area contributed by atoms with Gasteiger partial charge in [-0.05, 0) is 42.8 Å². The first-order valence-corrected chi connectivity index (χ1v) is 8.34.